The van der Waals surface area contributed by atoms with E-state index in [0.29, 0.717) is 0 Å². The molecule has 0 aliphatic heterocycles. The van der Waals surface area contributed by atoms with Crippen LogP contribution < -0.4 is 0 Å². The van der Waals surface area contributed by atoms with E-state index in [9.17, 15) is 0 Å². The predicted molar refractivity (Wildman–Crippen MR) is 105 cm³/mol. The summed E-state index contributed by atoms with van der Waals surface area (Å²) in [4.78, 5) is 0. The molecule has 0 atom stereocenters. The van der Waals surface area contributed by atoms with Crippen molar-refractivity contribution in [2.24, 2.45) is 0 Å². The Morgan fingerprint density at radius 2 is 0.950 bits per heavy atom. The molecule has 0 radical (unpaired) electrons. The van der Waals surface area contributed by atoms with Crippen LogP contribution in [0.2, 0.25) is 0 Å². The minimum Gasteiger partial charge on any atom is -0.161 e. The summed E-state index contributed by atoms with van der Waals surface area (Å²) in [7, 11) is 0. The summed E-state index contributed by atoms with van der Waals surface area (Å²) in [6, 6.07) is 9.21. The molecule has 1 rings (SSSR count). The third kappa shape index (κ3) is 9.54. The van der Waals surface area contributed by atoms with Crippen LogP contribution in [0, 0.1) is 0 Å². The molecule has 0 bridgehead atoms. The maximum Gasteiger partial charge on any atom is 0.0184 e. The topological polar surface area (TPSA) is 0 Å². The van der Waals surface area contributed by atoms with Crippen molar-refractivity contribution in [1.82, 2.24) is 0 Å². The largest absolute Gasteiger partial charge is 0.161 e. The summed E-state index contributed by atoms with van der Waals surface area (Å²) in [6.45, 7) is 4.46. The molecule has 0 saturated carbocycles. The van der Waals surface area contributed by atoms with Gasteiger partial charge < -0.3 is 0 Å². The molecule has 0 fully saturated rings. The molecule has 0 N–H and O–H groups in total. The molecule has 1 aromatic carbocycles. The van der Waals surface area contributed by atoms with Gasteiger partial charge in [0.2, 0.25) is 0 Å². The van der Waals surface area contributed by atoms with Gasteiger partial charge in [0, 0.05) is 34.5 Å². The first-order chi connectivity index (χ1) is 9.86. The van der Waals surface area contributed by atoms with Crippen molar-refractivity contribution in [2.45, 2.75) is 25.4 Å². The van der Waals surface area contributed by atoms with Gasteiger partial charge in [-0.3, -0.25) is 0 Å². The van der Waals surface area contributed by atoms with Gasteiger partial charge in [0.25, 0.3) is 0 Å². The van der Waals surface area contributed by atoms with Crippen LogP contribution >= 0.6 is 47.0 Å². The molecule has 0 aliphatic rings. The average molecular weight is 347 g/mol. The molecular weight excluding hydrogens is 320 g/mol. The minimum absolute atomic E-state index is 1.16. The van der Waals surface area contributed by atoms with Crippen molar-refractivity contribution in [3.63, 3.8) is 0 Å². The Labute approximate surface area is 142 Å². The quantitative estimate of drug-likeness (QED) is 0.448. The Morgan fingerprint density at radius 1 is 0.600 bits per heavy atom. The number of thioether (sulfide) groups is 4. The van der Waals surface area contributed by atoms with Gasteiger partial charge in [0.1, 0.15) is 0 Å². The average Bonchev–Trinajstić information content (AvgIpc) is 2.48. The van der Waals surface area contributed by atoms with Gasteiger partial charge in [-0.25, -0.2) is 0 Å². The number of hydrogen-bond acceptors (Lipinski definition) is 4. The summed E-state index contributed by atoms with van der Waals surface area (Å²) in [5.74, 6) is 9.90. The van der Waals surface area contributed by atoms with Gasteiger partial charge >= 0.3 is 0 Å². The first-order valence-electron chi connectivity index (χ1n) is 7.25. The minimum atomic E-state index is 1.16. The molecular formula is C16H26S4. The van der Waals surface area contributed by atoms with E-state index in [4.69, 9.17) is 0 Å². The van der Waals surface area contributed by atoms with Crippen molar-refractivity contribution in [3.8, 4) is 0 Å². The Balaban J connectivity index is 2.13. The van der Waals surface area contributed by atoms with Crippen molar-refractivity contribution >= 4 is 47.0 Å². The number of rotatable bonds is 12. The summed E-state index contributed by atoms with van der Waals surface area (Å²) in [5.41, 5.74) is 2.93. The van der Waals surface area contributed by atoms with E-state index >= 15 is 0 Å². The zero-order valence-electron chi connectivity index (χ0n) is 12.6. The smallest absolute Gasteiger partial charge is 0.0184 e. The molecule has 1 aromatic rings. The Bertz CT molecular complexity index is 291. The highest BCUT2D eigenvalue weighted by atomic mass is 32.2. The van der Waals surface area contributed by atoms with Crippen LogP contribution in [0.15, 0.2) is 24.3 Å². The first-order valence-corrected chi connectivity index (χ1v) is 11.9. The monoisotopic (exact) mass is 346 g/mol. The lowest BCUT2D eigenvalue weighted by molar-refractivity contribution is 1.33. The van der Waals surface area contributed by atoms with Gasteiger partial charge in [-0.1, -0.05) is 38.1 Å². The van der Waals surface area contributed by atoms with E-state index in [1.54, 1.807) is 0 Å². The van der Waals surface area contributed by atoms with E-state index in [1.807, 2.05) is 23.5 Å². The molecule has 0 heterocycles. The molecule has 114 valence electrons. The second-order valence-corrected chi connectivity index (χ2v) is 9.31. The third-order valence-corrected chi connectivity index (χ3v) is 7.09. The second-order valence-electron chi connectivity index (χ2n) is 4.32. The zero-order chi connectivity index (χ0) is 14.5. The maximum absolute atomic E-state index is 2.30. The predicted octanol–water partition coefficient (Wildman–Crippen LogP) is 5.66. The second kappa shape index (κ2) is 13.3. The van der Waals surface area contributed by atoms with Crippen LogP contribution in [-0.4, -0.2) is 34.5 Å². The van der Waals surface area contributed by atoms with Crippen molar-refractivity contribution in [1.29, 1.82) is 0 Å². The Hall–Kier alpha value is 0.620. The zero-order valence-corrected chi connectivity index (χ0v) is 15.9. The fourth-order valence-electron chi connectivity index (χ4n) is 1.64. The molecule has 0 aromatic heterocycles. The van der Waals surface area contributed by atoms with Crippen molar-refractivity contribution in [3.05, 3.63) is 35.4 Å². The van der Waals surface area contributed by atoms with Crippen LogP contribution in [0.4, 0.5) is 0 Å². The Morgan fingerprint density at radius 3 is 1.30 bits per heavy atom. The highest BCUT2D eigenvalue weighted by Gasteiger charge is 1.97. The maximum atomic E-state index is 2.30. The van der Waals surface area contributed by atoms with Crippen LogP contribution in [0.3, 0.4) is 0 Å². The van der Waals surface area contributed by atoms with E-state index < -0.39 is 0 Å². The normalized spacial score (nSPS) is 10.9. The summed E-state index contributed by atoms with van der Waals surface area (Å²) in [5, 5.41) is 0. The van der Waals surface area contributed by atoms with Crippen molar-refractivity contribution < 1.29 is 0 Å². The molecule has 0 amide bonds. The molecule has 0 nitrogen and oxygen atoms in total. The number of hydrogen-bond donors (Lipinski definition) is 0. The highest BCUT2D eigenvalue weighted by molar-refractivity contribution is 8.02. The van der Waals surface area contributed by atoms with Crippen LogP contribution in [0.25, 0.3) is 0 Å². The molecule has 20 heavy (non-hydrogen) atoms. The Kier molecular flexibility index (Phi) is 12.4. The van der Waals surface area contributed by atoms with Crippen LogP contribution in [-0.2, 0) is 11.5 Å². The lowest BCUT2D eigenvalue weighted by atomic mass is 10.2. The summed E-state index contributed by atoms with van der Waals surface area (Å²) < 4.78 is 0. The lowest BCUT2D eigenvalue weighted by Crippen LogP contribution is -1.89. The van der Waals surface area contributed by atoms with E-state index in [1.165, 1.54) is 45.6 Å². The van der Waals surface area contributed by atoms with Crippen molar-refractivity contribution in [2.75, 3.05) is 34.5 Å². The fourth-order valence-corrected chi connectivity index (χ4v) is 5.24. The first kappa shape index (κ1) is 18.7. The van der Waals surface area contributed by atoms with E-state index in [0.717, 1.165) is 11.5 Å². The van der Waals surface area contributed by atoms with Gasteiger partial charge in [0.15, 0.2) is 0 Å². The van der Waals surface area contributed by atoms with Gasteiger partial charge in [-0.05, 0) is 22.6 Å². The number of benzene rings is 1. The van der Waals surface area contributed by atoms with Gasteiger partial charge in [-0.2, -0.15) is 47.0 Å². The highest BCUT2D eigenvalue weighted by Crippen LogP contribution is 2.18. The molecule has 0 aliphatic carbocycles. The van der Waals surface area contributed by atoms with Crippen LogP contribution in [0.1, 0.15) is 25.0 Å². The SMILES string of the molecule is CCSCCSCc1ccc(CSCCSCC)cc1. The van der Waals surface area contributed by atoms with E-state index in [2.05, 4.69) is 61.6 Å². The third-order valence-electron chi connectivity index (χ3n) is 2.71. The fraction of sp³-hybridized carbons (Fsp3) is 0.625. The summed E-state index contributed by atoms with van der Waals surface area (Å²) in [6.07, 6.45) is 0. The molecule has 0 unspecified atom stereocenters. The van der Waals surface area contributed by atoms with Gasteiger partial charge in [0.05, 0.1) is 0 Å². The summed E-state index contributed by atoms with van der Waals surface area (Å²) >= 11 is 8.17. The molecule has 0 saturated heterocycles. The molecule has 4 heteroatoms. The lowest BCUT2D eigenvalue weighted by Gasteiger charge is -2.05. The molecule has 0 spiro atoms. The van der Waals surface area contributed by atoms with E-state index in [-0.39, 0.29) is 0 Å². The van der Waals surface area contributed by atoms with Gasteiger partial charge in [-0.15, -0.1) is 0 Å². The standard InChI is InChI=1S/C16H26S4/c1-3-17-9-11-19-13-15-5-7-16(8-6-15)14-20-12-10-18-4-2/h5-8H,3-4,9-14H2,1-2H3. The van der Waals surface area contributed by atoms with Crippen LogP contribution in [0.5, 0.6) is 0 Å².